The lowest BCUT2D eigenvalue weighted by Crippen LogP contribution is -2.40. The highest BCUT2D eigenvalue weighted by Crippen LogP contribution is 2.27. The molecule has 9 nitrogen and oxygen atoms in total. The van der Waals surface area contributed by atoms with Crippen LogP contribution >= 0.6 is 0 Å². The maximum Gasteiger partial charge on any atom is 0.332 e. The van der Waals surface area contributed by atoms with E-state index in [-0.39, 0.29) is 23.5 Å². The van der Waals surface area contributed by atoms with Gasteiger partial charge in [-0.05, 0) is 26.0 Å². The molecule has 0 saturated carbocycles. The van der Waals surface area contributed by atoms with Crippen molar-refractivity contribution in [1.29, 1.82) is 0 Å². The number of urea groups is 1. The van der Waals surface area contributed by atoms with Crippen LogP contribution < -0.4 is 19.7 Å². The van der Waals surface area contributed by atoms with Crippen LogP contribution in [0.5, 0.6) is 17.5 Å². The summed E-state index contributed by atoms with van der Waals surface area (Å²) in [7, 11) is 1.32. The molecule has 1 aromatic heterocycles. The van der Waals surface area contributed by atoms with Gasteiger partial charge in [0.25, 0.3) is 5.91 Å². The number of rotatable bonds is 4. The van der Waals surface area contributed by atoms with E-state index < -0.39 is 23.3 Å². The van der Waals surface area contributed by atoms with Crippen molar-refractivity contribution in [3.63, 3.8) is 0 Å². The highest BCUT2D eigenvalue weighted by Gasteiger charge is 2.46. The van der Waals surface area contributed by atoms with Crippen molar-refractivity contribution in [2.75, 3.05) is 12.0 Å². The largest absolute Gasteiger partial charge is 0.494 e. The minimum atomic E-state index is -1.06. The molecule has 3 rings (SSSR count). The van der Waals surface area contributed by atoms with E-state index in [0.29, 0.717) is 0 Å². The average molecular weight is 347 g/mol. The summed E-state index contributed by atoms with van der Waals surface area (Å²) in [4.78, 5) is 36.7. The number of halogens is 1. The van der Waals surface area contributed by atoms with Gasteiger partial charge in [-0.15, -0.1) is 0 Å². The minimum absolute atomic E-state index is 0.0115. The number of hydrogen-bond acceptors (Lipinski definition) is 7. The number of imide groups is 1. The van der Waals surface area contributed by atoms with Crippen LogP contribution in [0.4, 0.5) is 15.1 Å². The van der Waals surface area contributed by atoms with Crippen LogP contribution in [0.15, 0.2) is 24.5 Å². The number of nitrogens with one attached hydrogen (secondary N) is 1. The number of amides is 3. The number of methoxy groups -OCH3 is 1. The molecule has 1 fully saturated rings. The van der Waals surface area contributed by atoms with Crippen molar-refractivity contribution >= 4 is 17.9 Å². The lowest BCUT2D eigenvalue weighted by molar-refractivity contribution is -0.121. The zero-order valence-electron chi connectivity index (χ0n) is 13.6. The molecule has 1 aromatic carbocycles. The first kappa shape index (κ1) is 16.6. The Labute approximate surface area is 141 Å². The number of ether oxygens (including phenoxy) is 2. The highest BCUT2D eigenvalue weighted by atomic mass is 19.1. The number of aromatic nitrogens is 3. The Kier molecular flexibility index (Phi) is 3.95. The van der Waals surface area contributed by atoms with Crippen LogP contribution in [-0.4, -0.2) is 39.5 Å². The van der Waals surface area contributed by atoms with Crippen molar-refractivity contribution in [3.05, 3.63) is 30.3 Å². The molecule has 10 heteroatoms. The Morgan fingerprint density at radius 1 is 1.24 bits per heavy atom. The molecule has 0 atom stereocenters. The van der Waals surface area contributed by atoms with Crippen LogP contribution in [0.2, 0.25) is 0 Å². The molecule has 1 aliphatic rings. The fourth-order valence-corrected chi connectivity index (χ4v) is 2.17. The molecule has 1 aliphatic heterocycles. The summed E-state index contributed by atoms with van der Waals surface area (Å²) in [5, 5.41) is 2.52. The van der Waals surface area contributed by atoms with Crippen molar-refractivity contribution in [1.82, 2.24) is 20.3 Å². The number of hydrogen-bond donors (Lipinski definition) is 1. The smallest absolute Gasteiger partial charge is 0.332 e. The zero-order valence-corrected chi connectivity index (χ0v) is 13.6. The van der Waals surface area contributed by atoms with Crippen LogP contribution in [-0.2, 0) is 4.79 Å². The maximum atomic E-state index is 13.4. The van der Waals surface area contributed by atoms with Gasteiger partial charge >= 0.3 is 12.0 Å². The van der Waals surface area contributed by atoms with E-state index in [1.807, 2.05) is 0 Å². The SMILES string of the molecule is COc1cc(Oc2ncnc(N3C(=O)NC(C)(C)C3=O)n2)ccc1F. The number of nitrogens with zero attached hydrogens (tertiary/aromatic N) is 4. The van der Waals surface area contributed by atoms with Crippen LogP contribution in [0.3, 0.4) is 0 Å². The fourth-order valence-electron chi connectivity index (χ4n) is 2.17. The van der Waals surface area contributed by atoms with E-state index >= 15 is 0 Å². The van der Waals surface area contributed by atoms with Gasteiger partial charge in [0.05, 0.1) is 7.11 Å². The van der Waals surface area contributed by atoms with Gasteiger partial charge in [-0.3, -0.25) is 4.79 Å². The zero-order chi connectivity index (χ0) is 18.2. The van der Waals surface area contributed by atoms with Gasteiger partial charge < -0.3 is 14.8 Å². The van der Waals surface area contributed by atoms with Crippen LogP contribution in [0, 0.1) is 5.82 Å². The normalized spacial score (nSPS) is 15.9. The summed E-state index contributed by atoms with van der Waals surface area (Å²) < 4.78 is 23.7. The Bertz CT molecular complexity index is 858. The molecule has 25 heavy (non-hydrogen) atoms. The van der Waals surface area contributed by atoms with Crippen LogP contribution in [0.25, 0.3) is 0 Å². The topological polar surface area (TPSA) is 107 Å². The summed E-state index contributed by atoms with van der Waals surface area (Å²) in [6.07, 6.45) is 1.10. The standard InChI is InChI=1S/C15H14FN5O4/c1-15(2)11(22)21(14(23)20-15)12-17-7-18-13(19-12)25-8-4-5-9(16)10(6-8)24-3/h4-7H,1-3H3,(H,20,23). The molecule has 0 radical (unpaired) electrons. The van der Waals surface area contributed by atoms with E-state index in [1.165, 1.54) is 19.2 Å². The second kappa shape index (κ2) is 5.96. The molecule has 3 amide bonds. The molecule has 130 valence electrons. The van der Waals surface area contributed by atoms with Gasteiger partial charge in [-0.25, -0.2) is 14.2 Å². The Morgan fingerprint density at radius 3 is 2.64 bits per heavy atom. The van der Waals surface area contributed by atoms with Gasteiger partial charge in [0, 0.05) is 6.07 Å². The first-order chi connectivity index (χ1) is 11.8. The molecule has 0 bridgehead atoms. The molecule has 1 saturated heterocycles. The monoisotopic (exact) mass is 347 g/mol. The molecule has 0 aliphatic carbocycles. The molecule has 0 unspecified atom stereocenters. The van der Waals surface area contributed by atoms with Crippen molar-refractivity contribution in [3.8, 4) is 17.5 Å². The summed E-state index contributed by atoms with van der Waals surface area (Å²) in [6, 6.07) is 3.03. The van der Waals surface area contributed by atoms with Gasteiger partial charge in [-0.1, -0.05) is 0 Å². The average Bonchev–Trinajstić information content (AvgIpc) is 2.77. The summed E-state index contributed by atoms with van der Waals surface area (Å²) in [5.74, 6) is -1.02. The van der Waals surface area contributed by atoms with E-state index in [0.717, 1.165) is 17.3 Å². The van der Waals surface area contributed by atoms with E-state index in [1.54, 1.807) is 13.8 Å². The van der Waals surface area contributed by atoms with Gasteiger partial charge in [0.1, 0.15) is 17.6 Å². The molecular formula is C15H14FN5O4. The predicted octanol–water partition coefficient (Wildman–Crippen LogP) is 1.65. The lowest BCUT2D eigenvalue weighted by Gasteiger charge is -2.14. The Morgan fingerprint density at radius 2 is 2.00 bits per heavy atom. The number of carbonyl (C=O) groups is 2. The molecule has 1 N–H and O–H groups in total. The maximum absolute atomic E-state index is 13.4. The first-order valence-corrected chi connectivity index (χ1v) is 7.19. The second-order valence-corrected chi connectivity index (χ2v) is 5.66. The number of carbonyl (C=O) groups excluding carboxylic acids is 2. The molecule has 2 heterocycles. The number of anilines is 1. The predicted molar refractivity (Wildman–Crippen MR) is 82.9 cm³/mol. The van der Waals surface area contributed by atoms with E-state index in [4.69, 9.17) is 9.47 Å². The third-order valence-electron chi connectivity index (χ3n) is 3.43. The molecule has 0 spiro atoms. The quantitative estimate of drug-likeness (QED) is 0.838. The second-order valence-electron chi connectivity index (χ2n) is 5.66. The molecule has 2 aromatic rings. The van der Waals surface area contributed by atoms with E-state index in [2.05, 4.69) is 20.3 Å². The number of benzene rings is 1. The molecular weight excluding hydrogens is 333 g/mol. The third-order valence-corrected chi connectivity index (χ3v) is 3.43. The van der Waals surface area contributed by atoms with Crippen molar-refractivity contribution in [2.24, 2.45) is 0 Å². The van der Waals surface area contributed by atoms with E-state index in [9.17, 15) is 14.0 Å². The van der Waals surface area contributed by atoms with Gasteiger partial charge in [0.2, 0.25) is 5.95 Å². The minimum Gasteiger partial charge on any atom is -0.494 e. The van der Waals surface area contributed by atoms with Crippen molar-refractivity contribution < 1.29 is 23.5 Å². The Balaban J connectivity index is 1.88. The lowest BCUT2D eigenvalue weighted by atomic mass is 10.1. The van der Waals surface area contributed by atoms with Crippen molar-refractivity contribution in [2.45, 2.75) is 19.4 Å². The van der Waals surface area contributed by atoms with Crippen LogP contribution in [0.1, 0.15) is 13.8 Å². The Hall–Kier alpha value is -3.30. The van der Waals surface area contributed by atoms with Gasteiger partial charge in [0.15, 0.2) is 11.6 Å². The van der Waals surface area contributed by atoms with Gasteiger partial charge in [-0.2, -0.15) is 14.9 Å². The summed E-state index contributed by atoms with van der Waals surface area (Å²) >= 11 is 0. The summed E-state index contributed by atoms with van der Waals surface area (Å²) in [5.41, 5.74) is -1.06. The summed E-state index contributed by atoms with van der Waals surface area (Å²) in [6.45, 7) is 3.13. The third kappa shape index (κ3) is 3.05. The fraction of sp³-hybridized carbons (Fsp3) is 0.267. The highest BCUT2D eigenvalue weighted by molar-refractivity contribution is 6.22. The first-order valence-electron chi connectivity index (χ1n) is 7.19.